The van der Waals surface area contributed by atoms with Gasteiger partial charge in [0.15, 0.2) is 0 Å². The fourth-order valence-corrected chi connectivity index (χ4v) is 0.868. The molecule has 0 bridgehead atoms. The molecule has 0 aliphatic heterocycles. The standard InChI is InChI=1S/C10H21N2.Y/c1-5-7-11-10(9(3)4)12-8-6-2;/h9H,5-8H2,1-4H3;/q-1;. The van der Waals surface area contributed by atoms with Crippen molar-refractivity contribution < 1.29 is 32.7 Å². The zero-order valence-corrected chi connectivity index (χ0v) is 12.2. The molecular formula is C10H21N2Y-. The first-order chi connectivity index (χ1) is 5.72. The van der Waals surface area contributed by atoms with Crippen LogP contribution in [-0.4, -0.2) is 18.9 Å². The Kier molecular flexibility index (Phi) is 13.1. The average molecular weight is 258 g/mol. The van der Waals surface area contributed by atoms with Gasteiger partial charge in [0.05, 0.1) is 0 Å². The summed E-state index contributed by atoms with van der Waals surface area (Å²) in [5.41, 5.74) is 0. The molecule has 2 nitrogen and oxygen atoms in total. The molecule has 13 heavy (non-hydrogen) atoms. The molecule has 0 aromatic heterocycles. The summed E-state index contributed by atoms with van der Waals surface area (Å²) in [5.74, 6) is 1.52. The van der Waals surface area contributed by atoms with Crippen molar-refractivity contribution in [1.82, 2.24) is 0 Å². The molecule has 0 atom stereocenters. The van der Waals surface area contributed by atoms with E-state index >= 15 is 0 Å². The topological polar surface area (TPSA) is 26.5 Å². The van der Waals surface area contributed by atoms with Gasteiger partial charge in [0.25, 0.3) is 0 Å². The van der Waals surface area contributed by atoms with Crippen LogP contribution in [0.1, 0.15) is 40.5 Å². The Labute approximate surface area is 108 Å². The molecule has 0 unspecified atom stereocenters. The van der Waals surface area contributed by atoms with Crippen molar-refractivity contribution in [3.8, 4) is 0 Å². The first-order valence-electron chi connectivity index (χ1n) is 4.94. The van der Waals surface area contributed by atoms with Crippen molar-refractivity contribution in [2.24, 2.45) is 10.9 Å². The maximum absolute atomic E-state index is 4.43. The third-order valence-electron chi connectivity index (χ3n) is 1.51. The Morgan fingerprint density at radius 3 is 2.23 bits per heavy atom. The Morgan fingerprint density at radius 2 is 1.85 bits per heavy atom. The van der Waals surface area contributed by atoms with Crippen LogP contribution in [-0.2, 0) is 32.7 Å². The molecule has 0 rings (SSSR count). The van der Waals surface area contributed by atoms with Gasteiger partial charge in [0, 0.05) is 32.7 Å². The molecule has 0 saturated heterocycles. The van der Waals surface area contributed by atoms with E-state index in [1.807, 2.05) is 0 Å². The first-order valence-corrected chi connectivity index (χ1v) is 4.94. The van der Waals surface area contributed by atoms with Crippen LogP contribution in [0.2, 0.25) is 0 Å². The van der Waals surface area contributed by atoms with Crippen LogP contribution < -0.4 is 0 Å². The molecule has 0 amide bonds. The fraction of sp³-hybridized carbons (Fsp3) is 0.900. The van der Waals surface area contributed by atoms with Gasteiger partial charge in [-0.05, 0) is 5.92 Å². The van der Waals surface area contributed by atoms with Crippen molar-refractivity contribution in [2.75, 3.05) is 13.1 Å². The van der Waals surface area contributed by atoms with E-state index in [1.165, 1.54) is 0 Å². The summed E-state index contributed by atoms with van der Waals surface area (Å²) >= 11 is 0. The molecule has 0 spiro atoms. The molecule has 0 aromatic carbocycles. The van der Waals surface area contributed by atoms with Gasteiger partial charge in [0.2, 0.25) is 0 Å². The van der Waals surface area contributed by atoms with E-state index in [1.54, 1.807) is 0 Å². The van der Waals surface area contributed by atoms with Crippen molar-refractivity contribution in [3.05, 3.63) is 5.32 Å². The molecule has 0 aromatic rings. The largest absolute Gasteiger partial charge is 0.469 e. The van der Waals surface area contributed by atoms with Crippen molar-refractivity contribution >= 4 is 5.84 Å². The average Bonchev–Trinajstić information content (AvgIpc) is 2.04. The Morgan fingerprint density at radius 1 is 1.23 bits per heavy atom. The van der Waals surface area contributed by atoms with Crippen LogP contribution in [0.25, 0.3) is 5.32 Å². The van der Waals surface area contributed by atoms with Crippen molar-refractivity contribution in [2.45, 2.75) is 40.5 Å². The van der Waals surface area contributed by atoms with Crippen LogP contribution in [0.15, 0.2) is 4.99 Å². The second-order valence-corrected chi connectivity index (χ2v) is 3.28. The Bertz CT molecular complexity index is 133. The smallest absolute Gasteiger partial charge is 0 e. The second-order valence-electron chi connectivity index (χ2n) is 3.28. The number of nitrogens with zero attached hydrogens (tertiary/aromatic N) is 2. The summed E-state index contributed by atoms with van der Waals surface area (Å²) in [4.78, 5) is 4.43. The monoisotopic (exact) mass is 258 g/mol. The molecule has 0 N–H and O–H groups in total. The Balaban J connectivity index is 0. The molecule has 0 heterocycles. The predicted molar refractivity (Wildman–Crippen MR) is 55.9 cm³/mol. The van der Waals surface area contributed by atoms with E-state index in [0.29, 0.717) is 5.92 Å². The van der Waals surface area contributed by atoms with E-state index in [2.05, 4.69) is 38.0 Å². The normalized spacial score (nSPS) is 11.3. The maximum atomic E-state index is 4.43. The number of hydrogen-bond acceptors (Lipinski definition) is 1. The second kappa shape index (κ2) is 10.7. The molecule has 1 radical (unpaired) electrons. The van der Waals surface area contributed by atoms with Crippen molar-refractivity contribution in [3.63, 3.8) is 0 Å². The quantitative estimate of drug-likeness (QED) is 0.534. The minimum Gasteiger partial charge on any atom is -0.469 e. The van der Waals surface area contributed by atoms with Crippen molar-refractivity contribution in [1.29, 1.82) is 0 Å². The zero-order chi connectivity index (χ0) is 9.40. The summed E-state index contributed by atoms with van der Waals surface area (Å²) in [6.07, 6.45) is 2.22. The summed E-state index contributed by atoms with van der Waals surface area (Å²) in [7, 11) is 0. The van der Waals surface area contributed by atoms with Crippen LogP contribution in [0.3, 0.4) is 0 Å². The minimum absolute atomic E-state index is 0. The van der Waals surface area contributed by atoms with Gasteiger partial charge in [-0.3, -0.25) is 0 Å². The third kappa shape index (κ3) is 8.89. The van der Waals surface area contributed by atoms with E-state index in [9.17, 15) is 0 Å². The van der Waals surface area contributed by atoms with Gasteiger partial charge in [-0.2, -0.15) is 0 Å². The Hall–Kier alpha value is 0.574. The molecule has 0 aliphatic carbocycles. The van der Waals surface area contributed by atoms with E-state index < -0.39 is 0 Å². The van der Waals surface area contributed by atoms with E-state index in [-0.39, 0.29) is 32.7 Å². The number of hydrogen-bond donors (Lipinski definition) is 0. The van der Waals surface area contributed by atoms with Crippen LogP contribution >= 0.6 is 0 Å². The summed E-state index contributed by atoms with van der Waals surface area (Å²) in [5, 5.41) is 4.43. The molecule has 3 heteroatoms. The van der Waals surface area contributed by atoms with Crippen LogP contribution in [0, 0.1) is 5.92 Å². The van der Waals surface area contributed by atoms with Gasteiger partial charge in [-0.25, -0.2) is 0 Å². The van der Waals surface area contributed by atoms with Gasteiger partial charge in [-0.15, -0.1) is 0 Å². The third-order valence-corrected chi connectivity index (χ3v) is 1.51. The minimum atomic E-state index is 0. The summed E-state index contributed by atoms with van der Waals surface area (Å²) in [6.45, 7) is 10.4. The molecule has 0 saturated carbocycles. The van der Waals surface area contributed by atoms with Gasteiger partial charge in [0.1, 0.15) is 0 Å². The summed E-state index contributed by atoms with van der Waals surface area (Å²) < 4.78 is 0. The number of amidine groups is 1. The first kappa shape index (κ1) is 16.0. The molecule has 0 aliphatic rings. The van der Waals surface area contributed by atoms with Gasteiger partial charge in [-0.1, -0.05) is 59.5 Å². The van der Waals surface area contributed by atoms with E-state index in [4.69, 9.17) is 0 Å². The zero-order valence-electron chi connectivity index (χ0n) is 9.38. The van der Waals surface area contributed by atoms with Gasteiger partial charge < -0.3 is 10.3 Å². The predicted octanol–water partition coefficient (Wildman–Crippen LogP) is 3.23. The maximum Gasteiger partial charge on any atom is 0 e. The number of aliphatic imine (C=N–C) groups is 1. The van der Waals surface area contributed by atoms with Gasteiger partial charge >= 0.3 is 0 Å². The SMILES string of the molecule is CCCN=C([N-]CCC)C(C)C.[Y]. The number of rotatable bonds is 5. The fourth-order valence-electron chi connectivity index (χ4n) is 0.868. The van der Waals surface area contributed by atoms with Crippen LogP contribution in [0.4, 0.5) is 0 Å². The molecule has 75 valence electrons. The van der Waals surface area contributed by atoms with E-state index in [0.717, 1.165) is 31.8 Å². The summed E-state index contributed by atoms with van der Waals surface area (Å²) in [6, 6.07) is 0. The van der Waals surface area contributed by atoms with Crippen LogP contribution in [0.5, 0.6) is 0 Å². The molecule has 0 fully saturated rings. The molecular weight excluding hydrogens is 237 g/mol.